The van der Waals surface area contributed by atoms with Crippen molar-refractivity contribution in [3.63, 3.8) is 0 Å². The van der Waals surface area contributed by atoms with Crippen molar-refractivity contribution in [2.45, 2.75) is 200 Å². The van der Waals surface area contributed by atoms with Gasteiger partial charge in [0.05, 0.1) is 0 Å². The second kappa shape index (κ2) is 37.6. The fourth-order valence-electron chi connectivity index (χ4n) is 6.33. The molecule has 0 aliphatic rings. The van der Waals surface area contributed by atoms with Gasteiger partial charge in [0.1, 0.15) is 12.7 Å². The van der Waals surface area contributed by atoms with Crippen molar-refractivity contribution < 1.29 is 24.2 Å². The average molecular weight is 692 g/mol. The summed E-state index contributed by atoms with van der Waals surface area (Å²) in [5.41, 5.74) is 0. The van der Waals surface area contributed by atoms with E-state index in [0.717, 1.165) is 64.2 Å². The summed E-state index contributed by atoms with van der Waals surface area (Å²) in [4.78, 5) is 27.0. The molecule has 6 nitrogen and oxygen atoms in total. The minimum atomic E-state index is -0.461. The first kappa shape index (κ1) is 47.3. The fraction of sp³-hybridized carbons (Fsp3) is 0.860. The molecule has 0 aromatic heterocycles. The highest BCUT2D eigenvalue weighted by Crippen LogP contribution is 2.20. The predicted octanol–water partition coefficient (Wildman–Crippen LogP) is 11.7. The third-order valence-electron chi connectivity index (χ3n) is 9.34. The van der Waals surface area contributed by atoms with Crippen LogP contribution in [0.25, 0.3) is 0 Å². The van der Waals surface area contributed by atoms with Gasteiger partial charge in [-0.05, 0) is 97.1 Å². The fourth-order valence-corrected chi connectivity index (χ4v) is 6.33. The number of carbonyl (C=O) groups excluding carboxylic acids is 2. The van der Waals surface area contributed by atoms with Crippen LogP contribution in [0, 0.1) is 5.92 Å². The largest absolute Gasteiger partial charge is 0.462 e. The molecular formula is C43H81NO5. The van der Waals surface area contributed by atoms with E-state index in [4.69, 9.17) is 9.47 Å². The SMILES string of the molecule is CCCCCCCC/C=C\CCCCCCCC(=O)OCC(CN(C)C)OC(=O)CCCC(CCO)CCC/C=C\CCCCCCCC. The topological polar surface area (TPSA) is 76.1 Å². The molecule has 2 atom stereocenters. The summed E-state index contributed by atoms with van der Waals surface area (Å²) in [7, 11) is 3.86. The third-order valence-corrected chi connectivity index (χ3v) is 9.34. The minimum absolute atomic E-state index is 0.105. The number of hydrogen-bond donors (Lipinski definition) is 1. The zero-order valence-corrected chi connectivity index (χ0v) is 32.9. The number of aliphatic hydroxyl groups is 1. The maximum atomic E-state index is 12.7. The molecule has 0 fully saturated rings. The van der Waals surface area contributed by atoms with Gasteiger partial charge in [-0.2, -0.15) is 0 Å². The van der Waals surface area contributed by atoms with Gasteiger partial charge < -0.3 is 19.5 Å². The van der Waals surface area contributed by atoms with E-state index in [-0.39, 0.29) is 25.2 Å². The normalized spacial score (nSPS) is 13.1. The van der Waals surface area contributed by atoms with Gasteiger partial charge in [0.2, 0.25) is 0 Å². The van der Waals surface area contributed by atoms with Gasteiger partial charge in [-0.1, -0.05) is 128 Å². The summed E-state index contributed by atoms with van der Waals surface area (Å²) < 4.78 is 11.3. The monoisotopic (exact) mass is 692 g/mol. The lowest BCUT2D eigenvalue weighted by molar-refractivity contribution is -0.160. The number of carbonyl (C=O) groups is 2. The van der Waals surface area contributed by atoms with E-state index in [2.05, 4.69) is 38.2 Å². The number of allylic oxidation sites excluding steroid dienone is 4. The number of rotatable bonds is 37. The molecule has 0 aliphatic heterocycles. The molecule has 0 radical (unpaired) electrons. The summed E-state index contributed by atoms with van der Waals surface area (Å²) in [6, 6.07) is 0. The zero-order valence-electron chi connectivity index (χ0n) is 32.9. The Morgan fingerprint density at radius 1 is 0.571 bits per heavy atom. The van der Waals surface area contributed by atoms with Crippen LogP contribution in [0.1, 0.15) is 194 Å². The zero-order chi connectivity index (χ0) is 36.0. The Morgan fingerprint density at radius 2 is 1.02 bits per heavy atom. The van der Waals surface area contributed by atoms with Crippen LogP contribution in [0.2, 0.25) is 0 Å². The van der Waals surface area contributed by atoms with Crippen molar-refractivity contribution in [3.8, 4) is 0 Å². The lowest BCUT2D eigenvalue weighted by Crippen LogP contribution is -2.34. The molecule has 0 aromatic carbocycles. The van der Waals surface area contributed by atoms with E-state index in [1.807, 2.05) is 19.0 Å². The Morgan fingerprint density at radius 3 is 1.53 bits per heavy atom. The van der Waals surface area contributed by atoms with Gasteiger partial charge in [0.25, 0.3) is 0 Å². The first-order valence-corrected chi connectivity index (χ1v) is 20.8. The molecule has 0 amide bonds. The highest BCUT2D eigenvalue weighted by Gasteiger charge is 2.18. The van der Waals surface area contributed by atoms with Crippen LogP contribution < -0.4 is 0 Å². The number of esters is 2. The Kier molecular flexibility index (Phi) is 36.3. The molecule has 288 valence electrons. The second-order valence-electron chi connectivity index (χ2n) is 14.6. The van der Waals surface area contributed by atoms with Gasteiger partial charge >= 0.3 is 11.9 Å². The van der Waals surface area contributed by atoms with E-state index in [1.54, 1.807) is 0 Å². The predicted molar refractivity (Wildman–Crippen MR) is 209 cm³/mol. The van der Waals surface area contributed by atoms with E-state index in [0.29, 0.717) is 25.3 Å². The summed E-state index contributed by atoms with van der Waals surface area (Å²) in [6.07, 6.45) is 40.5. The lowest BCUT2D eigenvalue weighted by Gasteiger charge is -2.21. The Balaban J connectivity index is 4.06. The van der Waals surface area contributed by atoms with E-state index in [9.17, 15) is 14.7 Å². The number of hydrogen-bond acceptors (Lipinski definition) is 6. The molecule has 0 bridgehead atoms. The summed E-state index contributed by atoms with van der Waals surface area (Å²) in [6.45, 7) is 5.34. The standard InChI is InChI=1S/C43H81NO5/c1-5-7-9-11-13-15-17-18-19-20-22-24-26-28-30-34-42(46)48-39-41(38-44(3)4)49-43(47)35-31-33-40(36-37-45)32-29-27-25-23-21-16-14-12-10-8-6-2/h18-19,23,25,40-41,45H,5-17,20-22,24,26-39H2,1-4H3/b19-18-,25-23-. The summed E-state index contributed by atoms with van der Waals surface area (Å²) in [5.74, 6) is -0.0121. The van der Waals surface area contributed by atoms with Gasteiger partial charge in [-0.3, -0.25) is 9.59 Å². The van der Waals surface area contributed by atoms with Crippen LogP contribution in [0.5, 0.6) is 0 Å². The Hall–Kier alpha value is -1.66. The van der Waals surface area contributed by atoms with Crippen LogP contribution in [0.3, 0.4) is 0 Å². The van der Waals surface area contributed by atoms with E-state index >= 15 is 0 Å². The van der Waals surface area contributed by atoms with E-state index in [1.165, 1.54) is 103 Å². The molecule has 0 saturated heterocycles. The molecule has 0 rings (SSSR count). The van der Waals surface area contributed by atoms with Crippen molar-refractivity contribution in [2.75, 3.05) is 33.9 Å². The number of nitrogens with zero attached hydrogens (tertiary/aromatic N) is 1. The molecule has 6 heteroatoms. The van der Waals surface area contributed by atoms with Crippen molar-refractivity contribution >= 4 is 11.9 Å². The van der Waals surface area contributed by atoms with Crippen LogP contribution in [0.4, 0.5) is 0 Å². The first-order chi connectivity index (χ1) is 23.9. The number of ether oxygens (including phenoxy) is 2. The molecule has 2 unspecified atom stereocenters. The molecule has 1 N–H and O–H groups in total. The summed E-state index contributed by atoms with van der Waals surface area (Å²) in [5, 5.41) is 9.54. The van der Waals surface area contributed by atoms with Crippen LogP contribution in [-0.2, 0) is 19.1 Å². The molecule has 0 spiro atoms. The van der Waals surface area contributed by atoms with Crippen molar-refractivity contribution in [1.82, 2.24) is 4.90 Å². The second-order valence-corrected chi connectivity index (χ2v) is 14.6. The van der Waals surface area contributed by atoms with E-state index < -0.39 is 6.10 Å². The maximum absolute atomic E-state index is 12.7. The molecular weight excluding hydrogens is 610 g/mol. The highest BCUT2D eigenvalue weighted by atomic mass is 16.6. The Bertz CT molecular complexity index is 780. The van der Waals surface area contributed by atoms with Crippen LogP contribution in [0.15, 0.2) is 24.3 Å². The van der Waals surface area contributed by atoms with Crippen LogP contribution in [-0.4, -0.2) is 61.9 Å². The van der Waals surface area contributed by atoms with Crippen LogP contribution >= 0.6 is 0 Å². The number of likely N-dealkylation sites (N-methyl/N-ethyl adjacent to an activating group) is 1. The van der Waals surface area contributed by atoms with Gasteiger partial charge in [0, 0.05) is 26.0 Å². The van der Waals surface area contributed by atoms with Crippen molar-refractivity contribution in [3.05, 3.63) is 24.3 Å². The maximum Gasteiger partial charge on any atom is 0.306 e. The van der Waals surface area contributed by atoms with Gasteiger partial charge in [-0.25, -0.2) is 0 Å². The molecule has 0 heterocycles. The van der Waals surface area contributed by atoms with Gasteiger partial charge in [-0.15, -0.1) is 0 Å². The average Bonchev–Trinajstić information content (AvgIpc) is 3.07. The smallest absolute Gasteiger partial charge is 0.306 e. The molecule has 0 aliphatic carbocycles. The van der Waals surface area contributed by atoms with Crippen molar-refractivity contribution in [1.29, 1.82) is 0 Å². The third kappa shape index (κ3) is 36.0. The quantitative estimate of drug-likeness (QED) is 0.0397. The first-order valence-electron chi connectivity index (χ1n) is 20.8. The minimum Gasteiger partial charge on any atom is -0.462 e. The molecule has 0 aromatic rings. The lowest BCUT2D eigenvalue weighted by atomic mass is 9.93. The summed E-state index contributed by atoms with van der Waals surface area (Å²) >= 11 is 0. The number of aliphatic hydroxyl groups excluding tert-OH is 1. The van der Waals surface area contributed by atoms with Crippen molar-refractivity contribution in [2.24, 2.45) is 5.92 Å². The Labute approximate surface area is 304 Å². The molecule has 0 saturated carbocycles. The highest BCUT2D eigenvalue weighted by molar-refractivity contribution is 5.70. The number of unbranched alkanes of at least 4 members (excludes halogenated alkanes) is 18. The molecule has 49 heavy (non-hydrogen) atoms. The van der Waals surface area contributed by atoms with Gasteiger partial charge in [0.15, 0.2) is 0 Å².